The Morgan fingerprint density at radius 2 is 2.22 bits per heavy atom. The first-order valence-corrected chi connectivity index (χ1v) is 6.99. The molecule has 4 nitrogen and oxygen atoms in total. The van der Waals surface area contributed by atoms with E-state index in [1.54, 1.807) is 6.26 Å². The van der Waals surface area contributed by atoms with Gasteiger partial charge >= 0.3 is 0 Å². The van der Waals surface area contributed by atoms with Crippen LogP contribution in [0.25, 0.3) is 0 Å². The van der Waals surface area contributed by atoms with Gasteiger partial charge in [0.1, 0.15) is 6.26 Å². The number of aromatic nitrogens is 1. The maximum atomic E-state index is 5.27. The standard InChI is InChI=1S/C14H25N3O/c1-5-14-9-16(6-7-17(14)11(2)3)8-13-10-18-12(4)15-13/h10-11,14H,5-9H2,1-4H3. The highest BCUT2D eigenvalue weighted by Gasteiger charge is 2.27. The Kier molecular flexibility index (Phi) is 4.40. The summed E-state index contributed by atoms with van der Waals surface area (Å²) in [5.74, 6) is 0.762. The Morgan fingerprint density at radius 3 is 2.78 bits per heavy atom. The van der Waals surface area contributed by atoms with E-state index in [1.807, 2.05) is 6.92 Å². The van der Waals surface area contributed by atoms with E-state index in [4.69, 9.17) is 4.42 Å². The summed E-state index contributed by atoms with van der Waals surface area (Å²) < 4.78 is 5.27. The largest absolute Gasteiger partial charge is 0.449 e. The number of hydrogen-bond donors (Lipinski definition) is 0. The van der Waals surface area contributed by atoms with Crippen molar-refractivity contribution in [1.29, 1.82) is 0 Å². The quantitative estimate of drug-likeness (QED) is 0.822. The van der Waals surface area contributed by atoms with Crippen molar-refractivity contribution in [3.05, 3.63) is 17.8 Å². The van der Waals surface area contributed by atoms with E-state index in [-0.39, 0.29) is 0 Å². The molecule has 0 spiro atoms. The lowest BCUT2D eigenvalue weighted by atomic mass is 10.1. The molecule has 102 valence electrons. The normalized spacial score (nSPS) is 22.8. The van der Waals surface area contributed by atoms with E-state index >= 15 is 0 Å². The highest BCUT2D eigenvalue weighted by molar-refractivity contribution is 4.96. The summed E-state index contributed by atoms with van der Waals surface area (Å²) in [4.78, 5) is 9.49. The van der Waals surface area contributed by atoms with Crippen LogP contribution >= 0.6 is 0 Å². The highest BCUT2D eigenvalue weighted by atomic mass is 16.3. The highest BCUT2D eigenvalue weighted by Crippen LogP contribution is 2.17. The third kappa shape index (κ3) is 3.12. The minimum Gasteiger partial charge on any atom is -0.449 e. The second kappa shape index (κ2) is 5.85. The van der Waals surface area contributed by atoms with Crippen molar-refractivity contribution in [2.24, 2.45) is 0 Å². The second-order valence-corrected chi connectivity index (χ2v) is 5.49. The second-order valence-electron chi connectivity index (χ2n) is 5.49. The minimum atomic E-state index is 0.645. The molecular weight excluding hydrogens is 226 g/mol. The Morgan fingerprint density at radius 1 is 1.44 bits per heavy atom. The topological polar surface area (TPSA) is 32.5 Å². The van der Waals surface area contributed by atoms with E-state index in [0.717, 1.165) is 37.8 Å². The number of rotatable bonds is 4. The van der Waals surface area contributed by atoms with Gasteiger partial charge in [-0.25, -0.2) is 4.98 Å². The van der Waals surface area contributed by atoms with Gasteiger partial charge in [-0.15, -0.1) is 0 Å². The predicted octanol–water partition coefficient (Wildman–Crippen LogP) is 2.29. The molecule has 1 aromatic rings. The van der Waals surface area contributed by atoms with Crippen molar-refractivity contribution < 1.29 is 4.42 Å². The summed E-state index contributed by atoms with van der Waals surface area (Å²) in [5, 5.41) is 0. The lowest BCUT2D eigenvalue weighted by Gasteiger charge is -2.43. The molecule has 1 aliphatic heterocycles. The summed E-state index contributed by atoms with van der Waals surface area (Å²) in [5.41, 5.74) is 1.06. The number of hydrogen-bond acceptors (Lipinski definition) is 4. The number of piperazine rings is 1. The fraction of sp³-hybridized carbons (Fsp3) is 0.786. The fourth-order valence-electron chi connectivity index (χ4n) is 2.83. The molecule has 18 heavy (non-hydrogen) atoms. The van der Waals surface area contributed by atoms with Gasteiger partial charge in [0, 0.05) is 45.2 Å². The molecule has 1 saturated heterocycles. The third-order valence-electron chi connectivity index (χ3n) is 3.80. The van der Waals surface area contributed by atoms with Crippen LogP contribution in [0.4, 0.5) is 0 Å². The molecule has 0 aliphatic carbocycles. The number of oxazole rings is 1. The van der Waals surface area contributed by atoms with Crippen LogP contribution in [-0.2, 0) is 6.54 Å². The van der Waals surface area contributed by atoms with E-state index in [0.29, 0.717) is 12.1 Å². The van der Waals surface area contributed by atoms with Gasteiger partial charge in [-0.3, -0.25) is 9.80 Å². The number of aryl methyl sites for hydroxylation is 1. The van der Waals surface area contributed by atoms with E-state index < -0.39 is 0 Å². The van der Waals surface area contributed by atoms with E-state index in [9.17, 15) is 0 Å². The smallest absolute Gasteiger partial charge is 0.191 e. The van der Waals surface area contributed by atoms with Crippen LogP contribution in [-0.4, -0.2) is 46.5 Å². The van der Waals surface area contributed by atoms with Gasteiger partial charge in [-0.2, -0.15) is 0 Å². The summed E-state index contributed by atoms with van der Waals surface area (Å²) in [6, 6.07) is 1.32. The van der Waals surface area contributed by atoms with Gasteiger partial charge in [0.2, 0.25) is 0 Å². The van der Waals surface area contributed by atoms with Crippen LogP contribution < -0.4 is 0 Å². The van der Waals surface area contributed by atoms with Crippen molar-refractivity contribution in [1.82, 2.24) is 14.8 Å². The van der Waals surface area contributed by atoms with Crippen molar-refractivity contribution >= 4 is 0 Å². The maximum Gasteiger partial charge on any atom is 0.191 e. The van der Waals surface area contributed by atoms with Crippen molar-refractivity contribution in [2.75, 3.05) is 19.6 Å². The Hall–Kier alpha value is -0.870. The molecule has 1 unspecified atom stereocenters. The van der Waals surface area contributed by atoms with Crippen LogP contribution in [0, 0.1) is 6.92 Å². The summed E-state index contributed by atoms with van der Waals surface area (Å²) in [7, 11) is 0. The molecule has 2 rings (SSSR count). The summed E-state index contributed by atoms with van der Waals surface area (Å²) in [6.07, 6.45) is 3.00. The monoisotopic (exact) mass is 251 g/mol. The summed E-state index contributed by atoms with van der Waals surface area (Å²) in [6.45, 7) is 13.1. The predicted molar refractivity (Wildman–Crippen MR) is 72.4 cm³/mol. The lowest BCUT2D eigenvalue weighted by molar-refractivity contribution is 0.0451. The zero-order chi connectivity index (χ0) is 13.1. The Balaban J connectivity index is 1.93. The molecule has 4 heteroatoms. The molecule has 0 amide bonds. The van der Waals surface area contributed by atoms with Crippen LogP contribution in [0.1, 0.15) is 38.8 Å². The van der Waals surface area contributed by atoms with Crippen molar-refractivity contribution in [3.63, 3.8) is 0 Å². The zero-order valence-electron chi connectivity index (χ0n) is 12.0. The van der Waals surface area contributed by atoms with Crippen LogP contribution in [0.3, 0.4) is 0 Å². The average Bonchev–Trinajstić information content (AvgIpc) is 2.74. The van der Waals surface area contributed by atoms with Crippen LogP contribution in [0.15, 0.2) is 10.7 Å². The Labute approximate surface area is 110 Å². The van der Waals surface area contributed by atoms with Gasteiger partial charge in [0.15, 0.2) is 5.89 Å². The SMILES string of the molecule is CCC1CN(Cc2coc(C)n2)CCN1C(C)C. The molecule has 1 aromatic heterocycles. The maximum absolute atomic E-state index is 5.27. The summed E-state index contributed by atoms with van der Waals surface area (Å²) >= 11 is 0. The van der Waals surface area contributed by atoms with E-state index in [1.165, 1.54) is 6.42 Å². The first-order valence-electron chi connectivity index (χ1n) is 6.99. The first kappa shape index (κ1) is 13.6. The number of nitrogens with zero attached hydrogens (tertiary/aromatic N) is 3. The first-order chi connectivity index (χ1) is 8.60. The molecule has 2 heterocycles. The molecule has 0 N–H and O–H groups in total. The van der Waals surface area contributed by atoms with Crippen molar-refractivity contribution in [2.45, 2.75) is 52.7 Å². The fourth-order valence-corrected chi connectivity index (χ4v) is 2.83. The van der Waals surface area contributed by atoms with Crippen LogP contribution in [0.5, 0.6) is 0 Å². The zero-order valence-corrected chi connectivity index (χ0v) is 12.0. The van der Waals surface area contributed by atoms with Crippen molar-refractivity contribution in [3.8, 4) is 0 Å². The van der Waals surface area contributed by atoms with Gasteiger partial charge in [-0.05, 0) is 20.3 Å². The molecule has 1 atom stereocenters. The lowest BCUT2D eigenvalue weighted by Crippen LogP contribution is -2.54. The van der Waals surface area contributed by atoms with Crippen LogP contribution in [0.2, 0.25) is 0 Å². The molecule has 0 aromatic carbocycles. The molecule has 1 aliphatic rings. The third-order valence-corrected chi connectivity index (χ3v) is 3.80. The molecule has 0 bridgehead atoms. The Bertz CT molecular complexity index is 375. The van der Waals surface area contributed by atoms with Gasteiger partial charge < -0.3 is 4.42 Å². The minimum absolute atomic E-state index is 0.645. The molecule has 1 fully saturated rings. The molecular formula is C14H25N3O. The van der Waals surface area contributed by atoms with Gasteiger partial charge in [-0.1, -0.05) is 6.92 Å². The van der Waals surface area contributed by atoms with Gasteiger partial charge in [0.05, 0.1) is 5.69 Å². The molecule has 0 saturated carbocycles. The molecule has 0 radical (unpaired) electrons. The van der Waals surface area contributed by atoms with Gasteiger partial charge in [0.25, 0.3) is 0 Å². The van der Waals surface area contributed by atoms with E-state index in [2.05, 4.69) is 35.6 Å². The average molecular weight is 251 g/mol.